The van der Waals surface area contributed by atoms with Gasteiger partial charge in [-0.2, -0.15) is 0 Å². The highest BCUT2D eigenvalue weighted by atomic mass is 16.5. The van der Waals surface area contributed by atoms with E-state index in [0.717, 1.165) is 6.29 Å². The van der Waals surface area contributed by atoms with Gasteiger partial charge in [-0.1, -0.05) is 0 Å². The van der Waals surface area contributed by atoms with Gasteiger partial charge in [-0.05, 0) is 12.2 Å². The first-order valence-electron chi connectivity index (χ1n) is 4.39. The van der Waals surface area contributed by atoms with Crippen molar-refractivity contribution in [1.82, 2.24) is 0 Å². The highest BCUT2D eigenvalue weighted by Gasteiger charge is 2.12. The maximum atomic E-state index is 10.8. The molecular formula is C11H12O4. The van der Waals surface area contributed by atoms with Crippen molar-refractivity contribution in [2.75, 3.05) is 14.2 Å². The summed E-state index contributed by atoms with van der Waals surface area (Å²) in [5, 5.41) is 0. The Kier molecular flexibility index (Phi) is 3.85. The fourth-order valence-corrected chi connectivity index (χ4v) is 1.28. The van der Waals surface area contributed by atoms with Gasteiger partial charge in [0.15, 0.2) is 6.29 Å². The van der Waals surface area contributed by atoms with Crippen LogP contribution in [-0.2, 0) is 19.1 Å². The van der Waals surface area contributed by atoms with Crippen molar-refractivity contribution >= 4 is 12.6 Å². The van der Waals surface area contributed by atoms with Crippen molar-refractivity contribution in [3.63, 3.8) is 0 Å². The molecule has 1 aliphatic carbocycles. The Bertz CT molecular complexity index is 361. The van der Waals surface area contributed by atoms with Crippen molar-refractivity contribution in [2.45, 2.75) is 6.42 Å². The summed E-state index contributed by atoms with van der Waals surface area (Å²) >= 11 is 0. The van der Waals surface area contributed by atoms with E-state index in [4.69, 9.17) is 9.47 Å². The third-order valence-corrected chi connectivity index (χ3v) is 2.06. The van der Waals surface area contributed by atoms with E-state index >= 15 is 0 Å². The molecular weight excluding hydrogens is 196 g/mol. The minimum Gasteiger partial charge on any atom is -0.501 e. The van der Waals surface area contributed by atoms with Crippen LogP contribution in [0.4, 0.5) is 0 Å². The zero-order valence-electron chi connectivity index (χ0n) is 8.65. The Morgan fingerprint density at radius 2 is 1.87 bits per heavy atom. The predicted octanol–water partition coefficient (Wildman–Crippen LogP) is 1.15. The van der Waals surface area contributed by atoms with Crippen molar-refractivity contribution < 1.29 is 19.1 Å². The monoisotopic (exact) mass is 208 g/mol. The molecule has 4 heteroatoms. The van der Waals surface area contributed by atoms with Crippen molar-refractivity contribution in [2.24, 2.45) is 0 Å². The normalized spacial score (nSPS) is 16.1. The van der Waals surface area contributed by atoms with Gasteiger partial charge in [-0.3, -0.25) is 9.59 Å². The molecule has 0 heterocycles. The predicted molar refractivity (Wildman–Crippen MR) is 54.0 cm³/mol. The number of methoxy groups -OCH3 is 2. The lowest BCUT2D eigenvalue weighted by molar-refractivity contribution is -0.105. The summed E-state index contributed by atoms with van der Waals surface area (Å²) in [6, 6.07) is 0. The maximum absolute atomic E-state index is 10.8. The molecule has 0 saturated carbocycles. The highest BCUT2D eigenvalue weighted by Crippen LogP contribution is 2.21. The lowest BCUT2D eigenvalue weighted by atomic mass is 10.2. The van der Waals surface area contributed by atoms with Crippen LogP contribution in [0.25, 0.3) is 0 Å². The van der Waals surface area contributed by atoms with Crippen LogP contribution in [0, 0.1) is 0 Å². The Morgan fingerprint density at radius 3 is 2.33 bits per heavy atom. The molecule has 0 fully saturated rings. The number of ether oxygens (including phenoxy) is 2. The molecule has 0 bridgehead atoms. The topological polar surface area (TPSA) is 52.6 Å². The van der Waals surface area contributed by atoms with E-state index in [1.165, 1.54) is 14.2 Å². The number of aldehydes is 2. The zero-order chi connectivity index (χ0) is 11.3. The quantitative estimate of drug-likeness (QED) is 0.650. The second-order valence-corrected chi connectivity index (χ2v) is 2.97. The van der Waals surface area contributed by atoms with E-state index in [0.29, 0.717) is 35.4 Å². The van der Waals surface area contributed by atoms with Gasteiger partial charge in [0.25, 0.3) is 0 Å². The van der Waals surface area contributed by atoms with Crippen molar-refractivity contribution in [3.8, 4) is 0 Å². The fourth-order valence-electron chi connectivity index (χ4n) is 1.28. The number of carbonyl (C=O) groups is 2. The van der Waals surface area contributed by atoms with Crippen molar-refractivity contribution in [3.05, 3.63) is 34.8 Å². The van der Waals surface area contributed by atoms with Crippen LogP contribution in [0.1, 0.15) is 6.42 Å². The maximum Gasteiger partial charge on any atom is 0.153 e. The molecule has 0 saturated heterocycles. The first-order valence-corrected chi connectivity index (χ1v) is 4.39. The van der Waals surface area contributed by atoms with Crippen LogP contribution in [0.5, 0.6) is 0 Å². The van der Waals surface area contributed by atoms with Gasteiger partial charge in [0.1, 0.15) is 17.8 Å². The first-order chi connectivity index (χ1) is 7.24. The van der Waals surface area contributed by atoms with Gasteiger partial charge in [0, 0.05) is 12.0 Å². The lowest BCUT2D eigenvalue weighted by Crippen LogP contribution is -1.91. The molecule has 1 rings (SSSR count). The van der Waals surface area contributed by atoms with Crippen LogP contribution in [0.2, 0.25) is 0 Å². The fraction of sp³-hybridized carbons (Fsp3) is 0.273. The van der Waals surface area contributed by atoms with Gasteiger partial charge in [-0.15, -0.1) is 0 Å². The van der Waals surface area contributed by atoms with E-state index in [1.807, 2.05) is 0 Å². The molecule has 0 spiro atoms. The zero-order valence-corrected chi connectivity index (χ0v) is 8.65. The minimum atomic E-state index is 0.365. The Morgan fingerprint density at radius 1 is 1.13 bits per heavy atom. The standard InChI is InChI=1S/C11H12O4/c1-14-10-3-8(6-12)4-11(15-2)9(5-10)7-13/h4-7H,3H2,1-2H3. The average Bonchev–Trinajstić information content (AvgIpc) is 2.46. The smallest absolute Gasteiger partial charge is 0.153 e. The average molecular weight is 208 g/mol. The molecule has 1 aliphatic rings. The molecule has 0 aromatic heterocycles. The Labute approximate surface area is 87.9 Å². The molecule has 0 amide bonds. The van der Waals surface area contributed by atoms with Gasteiger partial charge < -0.3 is 9.47 Å². The van der Waals surface area contributed by atoms with E-state index in [1.54, 1.807) is 12.2 Å². The molecule has 0 unspecified atom stereocenters. The molecule has 0 aromatic carbocycles. The summed E-state index contributed by atoms with van der Waals surface area (Å²) < 4.78 is 10.1. The molecule has 80 valence electrons. The molecule has 0 N–H and O–H groups in total. The molecule has 0 aromatic rings. The third-order valence-electron chi connectivity index (χ3n) is 2.06. The first kappa shape index (κ1) is 11.2. The molecule has 4 nitrogen and oxygen atoms in total. The second kappa shape index (κ2) is 5.14. The molecule has 0 aliphatic heterocycles. The lowest BCUT2D eigenvalue weighted by Gasteiger charge is -2.02. The summed E-state index contributed by atoms with van der Waals surface area (Å²) in [5.41, 5.74) is 0.878. The number of carbonyl (C=O) groups excluding carboxylic acids is 2. The van der Waals surface area contributed by atoms with Gasteiger partial charge >= 0.3 is 0 Å². The summed E-state index contributed by atoms with van der Waals surface area (Å²) in [5.74, 6) is 0.932. The van der Waals surface area contributed by atoms with Crippen LogP contribution in [0.3, 0.4) is 0 Å². The van der Waals surface area contributed by atoms with E-state index in [-0.39, 0.29) is 0 Å². The van der Waals surface area contributed by atoms with E-state index in [2.05, 4.69) is 0 Å². The second-order valence-electron chi connectivity index (χ2n) is 2.97. The summed E-state index contributed by atoms with van der Waals surface area (Å²) in [6.45, 7) is 0. The number of rotatable bonds is 4. The van der Waals surface area contributed by atoms with E-state index in [9.17, 15) is 9.59 Å². The summed E-state index contributed by atoms with van der Waals surface area (Å²) in [7, 11) is 2.94. The summed E-state index contributed by atoms with van der Waals surface area (Å²) in [4.78, 5) is 21.5. The SMILES string of the molecule is COC1=CC(C=O)=C(OC)C=C(C=O)C1. The Hall–Kier alpha value is -1.84. The van der Waals surface area contributed by atoms with E-state index < -0.39 is 0 Å². The van der Waals surface area contributed by atoms with Gasteiger partial charge in [-0.25, -0.2) is 0 Å². The van der Waals surface area contributed by atoms with Crippen LogP contribution in [-0.4, -0.2) is 26.8 Å². The van der Waals surface area contributed by atoms with Gasteiger partial charge in [0.2, 0.25) is 0 Å². The summed E-state index contributed by atoms with van der Waals surface area (Å²) in [6.07, 6.45) is 4.87. The molecule has 0 radical (unpaired) electrons. The van der Waals surface area contributed by atoms with Crippen LogP contribution in [0.15, 0.2) is 34.8 Å². The molecule has 0 atom stereocenters. The minimum absolute atomic E-state index is 0.365. The molecule has 15 heavy (non-hydrogen) atoms. The van der Waals surface area contributed by atoms with Gasteiger partial charge in [0.05, 0.1) is 19.8 Å². The third kappa shape index (κ3) is 2.56. The Balaban J connectivity index is 3.23. The number of hydrogen-bond acceptors (Lipinski definition) is 4. The van der Waals surface area contributed by atoms with Crippen molar-refractivity contribution in [1.29, 1.82) is 0 Å². The highest BCUT2D eigenvalue weighted by molar-refractivity contribution is 5.82. The number of hydrogen-bond donors (Lipinski definition) is 0. The largest absolute Gasteiger partial charge is 0.501 e. The van der Waals surface area contributed by atoms with Crippen LogP contribution < -0.4 is 0 Å². The number of allylic oxidation sites excluding steroid dienone is 4. The van der Waals surface area contributed by atoms with Crippen LogP contribution >= 0.6 is 0 Å².